The van der Waals surface area contributed by atoms with Gasteiger partial charge in [-0.2, -0.15) is 0 Å². The molecule has 4 heteroatoms. The minimum atomic E-state index is 1.08. The van der Waals surface area contributed by atoms with Crippen LogP contribution in [0.25, 0.3) is 209 Å². The lowest BCUT2D eigenvalue weighted by molar-refractivity contribution is 1.17. The SMILES string of the molecule is c1ccc(-c2ccc3c(c2)c2cc(-c4ccccc4)ccc2n3-c2ccc(N(c3ccccc3)c3ccc(-c4c5ccccc5c(-c5ccccc5)c5ccccc45)cc3)cc2)cc1.c1ccc(-c2cccc(-c3ccc4c(c3)c3cc(-c5cccc(-c6ccccc6)c5)ccc3n4-c3ccc(N(c4ccccc4)c4ccc(-c5c6ccccc6c(-c6ccccc6)c6ccccc56)cc4)cc3)c2)cc1. The van der Waals surface area contributed by atoms with Crippen molar-refractivity contribution in [2.24, 2.45) is 0 Å². The number of fused-ring (bicyclic) bond motifs is 10. The Balaban J connectivity index is 0.000000150. The molecule has 0 atom stereocenters. The van der Waals surface area contributed by atoms with Gasteiger partial charge in [-0.1, -0.05) is 400 Å². The zero-order valence-electron chi connectivity index (χ0n) is 76.9. The third-order valence-corrected chi connectivity index (χ3v) is 27.9. The summed E-state index contributed by atoms with van der Waals surface area (Å²) in [5.41, 5.74) is 37.8. The van der Waals surface area contributed by atoms with Crippen LogP contribution in [0.15, 0.2) is 558 Å². The number of hydrogen-bond donors (Lipinski definition) is 0. The van der Waals surface area contributed by atoms with Crippen molar-refractivity contribution in [3.8, 4) is 123 Å². The van der Waals surface area contributed by atoms with Crippen LogP contribution in [0.5, 0.6) is 0 Å². The van der Waals surface area contributed by atoms with Crippen molar-refractivity contribution < 1.29 is 0 Å². The van der Waals surface area contributed by atoms with Crippen molar-refractivity contribution >= 4 is 121 Å². The number of nitrogens with zero attached hydrogens (tertiary/aromatic N) is 4. The Morgan fingerprint density at radius 1 is 0.107 bits per heavy atom. The Bertz CT molecular complexity index is 8730. The maximum Gasteiger partial charge on any atom is 0.0541 e. The number of anilines is 6. The van der Waals surface area contributed by atoms with Gasteiger partial charge in [0.25, 0.3) is 0 Å². The van der Waals surface area contributed by atoms with Gasteiger partial charge < -0.3 is 18.9 Å². The fourth-order valence-electron chi connectivity index (χ4n) is 21.4. The molecule has 4 nitrogen and oxygen atoms in total. The highest BCUT2D eigenvalue weighted by Crippen LogP contribution is 2.50. The summed E-state index contributed by atoms with van der Waals surface area (Å²) in [5, 5.41) is 14.9. The summed E-state index contributed by atoms with van der Waals surface area (Å²) in [5.74, 6) is 0. The van der Waals surface area contributed by atoms with Crippen LogP contribution in [-0.2, 0) is 0 Å². The molecular formula is C136H92N4. The van der Waals surface area contributed by atoms with E-state index in [4.69, 9.17) is 0 Å². The number of rotatable bonds is 18. The number of benzene rings is 24. The van der Waals surface area contributed by atoms with Crippen LogP contribution in [0.1, 0.15) is 0 Å². The zero-order chi connectivity index (χ0) is 92.8. The molecule has 0 saturated heterocycles. The van der Waals surface area contributed by atoms with E-state index in [1.54, 1.807) is 0 Å². The number of para-hydroxylation sites is 2. The summed E-state index contributed by atoms with van der Waals surface area (Å²) in [4.78, 5) is 4.71. The molecule has 140 heavy (non-hydrogen) atoms. The first-order valence-corrected chi connectivity index (χ1v) is 48.2. The summed E-state index contributed by atoms with van der Waals surface area (Å²) >= 11 is 0. The standard InChI is InChI=1S/C74H50N2.C62H42N2/c1-5-19-51(20-6-1)55-25-17-27-57(47-55)59-37-45-71-69(49-59)70-50-60(58-28-18-26-56(48-58)52-21-7-2-8-22-52)38-46-72(70)76(71)64-43-41-63(42-44-64)75(61-29-11-4-12-30-61)62-39-35-54(36-40-62)74-67-33-15-13-31-65(67)73(53-23-9-3-10-24-53)66-32-14-16-34-68(66)74;1-5-17-43(18-6-1)47-31-39-59-57(41-47)58-42-48(44-19-7-2-8-20-44)32-40-60(58)64(59)52-37-35-51(36-38-52)63(49-23-11-4-12-24-49)50-33-29-46(30-34-50)62-55-27-15-13-25-53(55)61(45-21-9-3-10-22-45)54-26-14-16-28-56(54)62/h1-50H;1-42H. The fraction of sp³-hybridized carbons (Fsp3) is 0. The van der Waals surface area contributed by atoms with Gasteiger partial charge in [0.2, 0.25) is 0 Å². The highest BCUT2D eigenvalue weighted by Gasteiger charge is 2.25. The number of aromatic nitrogens is 2. The number of hydrogen-bond acceptors (Lipinski definition) is 2. The van der Waals surface area contributed by atoms with Gasteiger partial charge in [-0.05, 0) is 312 Å². The van der Waals surface area contributed by atoms with Crippen LogP contribution in [0.3, 0.4) is 0 Å². The molecule has 0 amide bonds. The fourth-order valence-corrected chi connectivity index (χ4v) is 21.4. The van der Waals surface area contributed by atoms with Gasteiger partial charge in [-0.3, -0.25) is 0 Å². The van der Waals surface area contributed by atoms with E-state index in [1.165, 1.54) is 187 Å². The first kappa shape index (κ1) is 83.4. The van der Waals surface area contributed by atoms with Crippen molar-refractivity contribution in [1.29, 1.82) is 0 Å². The largest absolute Gasteiger partial charge is 0.311 e. The Labute approximate surface area is 814 Å². The van der Waals surface area contributed by atoms with Gasteiger partial charge in [0.05, 0.1) is 22.1 Å². The summed E-state index contributed by atoms with van der Waals surface area (Å²) in [6, 6.07) is 203. The highest BCUT2D eigenvalue weighted by molar-refractivity contribution is 6.24. The molecule has 0 saturated carbocycles. The van der Waals surface area contributed by atoms with Gasteiger partial charge in [-0.25, -0.2) is 0 Å². The van der Waals surface area contributed by atoms with Gasteiger partial charge in [-0.15, -0.1) is 0 Å². The molecule has 0 fully saturated rings. The van der Waals surface area contributed by atoms with Crippen LogP contribution < -0.4 is 9.80 Å². The molecule has 0 N–H and O–H groups in total. The van der Waals surface area contributed by atoms with Gasteiger partial charge in [0, 0.05) is 67.0 Å². The van der Waals surface area contributed by atoms with Crippen molar-refractivity contribution in [3.63, 3.8) is 0 Å². The molecule has 0 aliphatic carbocycles. The molecule has 2 heterocycles. The lowest BCUT2D eigenvalue weighted by Crippen LogP contribution is -2.10. The third kappa shape index (κ3) is 15.5. The Kier molecular flexibility index (Phi) is 21.7. The predicted octanol–water partition coefficient (Wildman–Crippen LogP) is 37.8. The van der Waals surface area contributed by atoms with Crippen molar-refractivity contribution in [1.82, 2.24) is 9.13 Å². The summed E-state index contributed by atoms with van der Waals surface area (Å²) < 4.78 is 4.85. The Morgan fingerprint density at radius 3 is 0.514 bits per heavy atom. The minimum absolute atomic E-state index is 1.08. The van der Waals surface area contributed by atoms with Crippen molar-refractivity contribution in [3.05, 3.63) is 558 Å². The van der Waals surface area contributed by atoms with E-state index in [2.05, 4.69) is 577 Å². The molecule has 0 unspecified atom stereocenters. The highest BCUT2D eigenvalue weighted by atomic mass is 15.1. The zero-order valence-corrected chi connectivity index (χ0v) is 76.9. The molecule has 0 aliphatic rings. The van der Waals surface area contributed by atoms with Crippen LogP contribution in [0.2, 0.25) is 0 Å². The molecule has 0 aliphatic heterocycles. The lowest BCUT2D eigenvalue weighted by atomic mass is 9.86. The van der Waals surface area contributed by atoms with Crippen LogP contribution in [-0.4, -0.2) is 9.13 Å². The van der Waals surface area contributed by atoms with E-state index in [1.807, 2.05) is 0 Å². The second kappa shape index (κ2) is 36.4. The quantitative estimate of drug-likeness (QED) is 0.0796. The van der Waals surface area contributed by atoms with E-state index in [0.717, 1.165) is 56.5 Å². The van der Waals surface area contributed by atoms with E-state index in [-0.39, 0.29) is 0 Å². The van der Waals surface area contributed by atoms with Gasteiger partial charge >= 0.3 is 0 Å². The topological polar surface area (TPSA) is 16.3 Å². The van der Waals surface area contributed by atoms with E-state index < -0.39 is 0 Å². The monoisotopic (exact) mass is 1780 g/mol. The third-order valence-electron chi connectivity index (χ3n) is 27.9. The molecule has 0 bridgehead atoms. The molecule has 2 aromatic heterocycles. The lowest BCUT2D eigenvalue weighted by Gasteiger charge is -2.26. The average molecular weight is 1780 g/mol. The van der Waals surface area contributed by atoms with Crippen LogP contribution >= 0.6 is 0 Å². The van der Waals surface area contributed by atoms with Gasteiger partial charge in [0.1, 0.15) is 0 Å². The maximum atomic E-state index is 2.43. The normalized spacial score (nSPS) is 11.4. The first-order valence-electron chi connectivity index (χ1n) is 48.2. The molecule has 24 aromatic carbocycles. The minimum Gasteiger partial charge on any atom is -0.311 e. The van der Waals surface area contributed by atoms with Crippen LogP contribution in [0, 0.1) is 0 Å². The second-order valence-electron chi connectivity index (χ2n) is 36.1. The average Bonchev–Trinajstić information content (AvgIpc) is 1.50. The smallest absolute Gasteiger partial charge is 0.0541 e. The molecular weight excluding hydrogens is 1690 g/mol. The van der Waals surface area contributed by atoms with Crippen molar-refractivity contribution in [2.75, 3.05) is 9.80 Å². The van der Waals surface area contributed by atoms with E-state index in [0.29, 0.717) is 0 Å². The molecule has 0 spiro atoms. The Hall–Kier alpha value is -18.5. The summed E-state index contributed by atoms with van der Waals surface area (Å²) in [7, 11) is 0. The molecule has 26 rings (SSSR count). The van der Waals surface area contributed by atoms with Crippen molar-refractivity contribution in [2.45, 2.75) is 0 Å². The van der Waals surface area contributed by atoms with Gasteiger partial charge in [0.15, 0.2) is 0 Å². The first-order chi connectivity index (χ1) is 69.5. The summed E-state index contributed by atoms with van der Waals surface area (Å²) in [6.07, 6.45) is 0. The second-order valence-corrected chi connectivity index (χ2v) is 36.1. The molecule has 26 aromatic rings. The molecule has 656 valence electrons. The maximum absolute atomic E-state index is 2.43. The predicted molar refractivity (Wildman–Crippen MR) is 595 cm³/mol. The van der Waals surface area contributed by atoms with Crippen LogP contribution in [0.4, 0.5) is 34.1 Å². The summed E-state index contributed by atoms with van der Waals surface area (Å²) in [6.45, 7) is 0. The Morgan fingerprint density at radius 2 is 0.271 bits per heavy atom. The van der Waals surface area contributed by atoms with E-state index >= 15 is 0 Å². The van der Waals surface area contributed by atoms with E-state index in [9.17, 15) is 0 Å². The molecule has 0 radical (unpaired) electrons.